The summed E-state index contributed by atoms with van der Waals surface area (Å²) >= 11 is 0. The number of hydrogen-bond acceptors (Lipinski definition) is 4. The molecule has 0 aromatic rings. The molecule has 0 aliphatic carbocycles. The van der Waals surface area contributed by atoms with Crippen LogP contribution in [0.3, 0.4) is 0 Å². The minimum atomic E-state index is -0.269. The molecule has 2 unspecified atom stereocenters. The molecule has 0 aromatic heterocycles. The Morgan fingerprint density at radius 2 is 2.42 bits per heavy atom. The number of nitrogens with zero attached hydrogens (tertiary/aromatic N) is 1. The van der Waals surface area contributed by atoms with Crippen LogP contribution in [0.5, 0.6) is 0 Å². The van der Waals surface area contributed by atoms with Crippen LogP contribution in [0.2, 0.25) is 0 Å². The molecule has 1 aliphatic rings. The maximum atomic E-state index is 11.2. The third-order valence-electron chi connectivity index (χ3n) is 1.97. The van der Waals surface area contributed by atoms with Crippen LogP contribution in [-0.4, -0.2) is 32.2 Å². The Morgan fingerprint density at radius 3 is 3.00 bits per heavy atom. The molecule has 1 heterocycles. The van der Waals surface area contributed by atoms with Crippen molar-refractivity contribution in [3.05, 3.63) is 0 Å². The maximum absolute atomic E-state index is 11.2. The smallest absolute Gasteiger partial charge is 0.240 e. The van der Waals surface area contributed by atoms with E-state index in [0.717, 1.165) is 0 Å². The lowest BCUT2D eigenvalue weighted by Crippen LogP contribution is -2.41. The molecule has 1 saturated heterocycles. The first-order valence-corrected chi connectivity index (χ1v) is 3.73. The van der Waals surface area contributed by atoms with Crippen LogP contribution in [0.4, 0.5) is 0 Å². The lowest BCUT2D eigenvalue weighted by Gasteiger charge is -2.13. The topological polar surface area (TPSA) is 74.2 Å². The Kier molecular flexibility index (Phi) is 3.02. The Morgan fingerprint density at radius 1 is 1.67 bits per heavy atom. The Hall–Kier alpha value is -1.12. The summed E-state index contributed by atoms with van der Waals surface area (Å²) in [4.78, 5) is 11.2. The molecule has 1 rings (SSSR count). The first-order chi connectivity index (χ1) is 5.79. The molecule has 1 fully saturated rings. The van der Waals surface area contributed by atoms with Crippen LogP contribution in [0, 0.1) is 17.4 Å². The Labute approximate surface area is 70.7 Å². The van der Waals surface area contributed by atoms with Gasteiger partial charge in [-0.05, 0) is 7.05 Å². The number of nitrogens with one attached hydrogen (secondary N) is 2. The molecular weight excluding hydrogens is 158 g/mol. The molecule has 1 aliphatic heterocycles. The zero-order valence-electron chi connectivity index (χ0n) is 6.83. The minimum absolute atomic E-state index is 0.0262. The van der Waals surface area contributed by atoms with Gasteiger partial charge in [0.05, 0.1) is 19.1 Å². The van der Waals surface area contributed by atoms with Crippen molar-refractivity contribution in [3.63, 3.8) is 0 Å². The Bertz CT molecular complexity index is 211. The fourth-order valence-corrected chi connectivity index (χ4v) is 1.25. The van der Waals surface area contributed by atoms with Crippen LogP contribution in [0.1, 0.15) is 0 Å². The number of rotatable bonds is 2. The van der Waals surface area contributed by atoms with E-state index < -0.39 is 0 Å². The predicted octanol–water partition coefficient (Wildman–Crippen LogP) is -1.18. The normalized spacial score (nSPS) is 28.0. The average Bonchev–Trinajstić information content (AvgIpc) is 2.51. The molecule has 0 radical (unpaired) electrons. The highest BCUT2D eigenvalue weighted by Crippen LogP contribution is 2.12. The molecule has 2 N–H and O–H groups in total. The highest BCUT2D eigenvalue weighted by atomic mass is 16.5. The van der Waals surface area contributed by atoms with Crippen molar-refractivity contribution in [1.82, 2.24) is 10.6 Å². The minimum Gasteiger partial charge on any atom is -0.379 e. The number of nitriles is 1. The van der Waals surface area contributed by atoms with Crippen molar-refractivity contribution in [2.75, 3.05) is 20.3 Å². The summed E-state index contributed by atoms with van der Waals surface area (Å²) in [6.07, 6.45) is 1.61. The first-order valence-electron chi connectivity index (χ1n) is 3.73. The second-order valence-corrected chi connectivity index (χ2v) is 2.64. The molecule has 0 spiro atoms. The van der Waals surface area contributed by atoms with Crippen molar-refractivity contribution in [1.29, 1.82) is 5.26 Å². The van der Waals surface area contributed by atoms with Crippen molar-refractivity contribution in [3.8, 4) is 6.19 Å². The summed E-state index contributed by atoms with van der Waals surface area (Å²) in [5.41, 5.74) is 0. The second kappa shape index (κ2) is 4.04. The zero-order chi connectivity index (χ0) is 8.97. The highest BCUT2D eigenvalue weighted by molar-refractivity contribution is 5.81. The van der Waals surface area contributed by atoms with Crippen LogP contribution in [0.15, 0.2) is 0 Å². The van der Waals surface area contributed by atoms with Crippen LogP contribution < -0.4 is 10.6 Å². The molecule has 12 heavy (non-hydrogen) atoms. The average molecular weight is 169 g/mol. The van der Waals surface area contributed by atoms with E-state index in [1.807, 2.05) is 0 Å². The molecule has 0 aromatic carbocycles. The van der Waals surface area contributed by atoms with E-state index in [2.05, 4.69) is 10.6 Å². The summed E-state index contributed by atoms with van der Waals surface area (Å²) in [6.45, 7) is 0.916. The fourth-order valence-electron chi connectivity index (χ4n) is 1.25. The lowest BCUT2D eigenvalue weighted by atomic mass is 10.0. The van der Waals surface area contributed by atoms with Gasteiger partial charge in [0.25, 0.3) is 0 Å². The van der Waals surface area contributed by atoms with E-state index in [1.165, 1.54) is 0 Å². The molecule has 5 heteroatoms. The van der Waals surface area contributed by atoms with Gasteiger partial charge in [0.2, 0.25) is 5.91 Å². The fraction of sp³-hybridized carbons (Fsp3) is 0.714. The van der Waals surface area contributed by atoms with Crippen LogP contribution >= 0.6 is 0 Å². The van der Waals surface area contributed by atoms with E-state index in [1.54, 1.807) is 13.2 Å². The van der Waals surface area contributed by atoms with Gasteiger partial charge in [-0.3, -0.25) is 10.1 Å². The molecule has 1 amide bonds. The highest BCUT2D eigenvalue weighted by Gasteiger charge is 2.32. The molecule has 5 nitrogen and oxygen atoms in total. The number of carbonyl (C=O) groups excluding carboxylic acids is 1. The second-order valence-electron chi connectivity index (χ2n) is 2.64. The van der Waals surface area contributed by atoms with Crippen molar-refractivity contribution in [2.45, 2.75) is 6.04 Å². The number of ether oxygens (including phenoxy) is 1. The summed E-state index contributed by atoms with van der Waals surface area (Å²) in [5, 5.41) is 13.3. The number of likely N-dealkylation sites (N-methyl/N-ethyl adjacent to an activating group) is 1. The zero-order valence-corrected chi connectivity index (χ0v) is 6.83. The number of carbonyl (C=O) groups is 1. The van der Waals surface area contributed by atoms with Gasteiger partial charge in [-0.25, -0.2) is 0 Å². The van der Waals surface area contributed by atoms with Gasteiger partial charge in [-0.15, -0.1) is 0 Å². The predicted molar refractivity (Wildman–Crippen MR) is 40.9 cm³/mol. The standard InChI is InChI=1S/C7H11N3O2/c1-9-6-3-12-2-5(6)7(11)10-4-8/h5-6,9H,2-3H2,1H3,(H,10,11). The molecule has 66 valence electrons. The largest absolute Gasteiger partial charge is 0.379 e. The summed E-state index contributed by atoms with van der Waals surface area (Å²) in [7, 11) is 1.77. The van der Waals surface area contributed by atoms with Gasteiger partial charge in [0.15, 0.2) is 6.19 Å². The summed E-state index contributed by atoms with van der Waals surface area (Å²) < 4.78 is 5.10. The third-order valence-corrected chi connectivity index (χ3v) is 1.97. The van der Waals surface area contributed by atoms with Gasteiger partial charge in [0, 0.05) is 6.04 Å². The van der Waals surface area contributed by atoms with Gasteiger partial charge in [0.1, 0.15) is 0 Å². The monoisotopic (exact) mass is 169 g/mol. The third kappa shape index (κ3) is 1.72. The molecular formula is C7H11N3O2. The van der Waals surface area contributed by atoms with Crippen molar-refractivity contribution < 1.29 is 9.53 Å². The van der Waals surface area contributed by atoms with Gasteiger partial charge in [-0.2, -0.15) is 5.26 Å². The number of amides is 1. The molecule has 0 bridgehead atoms. The SMILES string of the molecule is CNC1COCC1C(=O)NC#N. The maximum Gasteiger partial charge on any atom is 0.240 e. The van der Waals surface area contributed by atoms with Crippen molar-refractivity contribution >= 4 is 5.91 Å². The van der Waals surface area contributed by atoms with E-state index in [9.17, 15) is 4.79 Å². The van der Waals surface area contributed by atoms with E-state index in [4.69, 9.17) is 10.00 Å². The van der Waals surface area contributed by atoms with Crippen LogP contribution in [0.25, 0.3) is 0 Å². The quantitative estimate of drug-likeness (QED) is 0.403. The molecule has 0 saturated carbocycles. The summed E-state index contributed by atoms with van der Waals surface area (Å²) in [5.74, 6) is -0.510. The van der Waals surface area contributed by atoms with Crippen LogP contribution in [-0.2, 0) is 9.53 Å². The van der Waals surface area contributed by atoms with E-state index >= 15 is 0 Å². The van der Waals surface area contributed by atoms with Crippen molar-refractivity contribution in [2.24, 2.45) is 5.92 Å². The van der Waals surface area contributed by atoms with E-state index in [0.29, 0.717) is 13.2 Å². The number of hydrogen-bond donors (Lipinski definition) is 2. The van der Waals surface area contributed by atoms with Gasteiger partial charge in [-0.1, -0.05) is 0 Å². The Balaban J connectivity index is 2.50. The molecule has 2 atom stereocenters. The summed E-state index contributed by atoms with van der Waals surface area (Å²) in [6, 6.07) is 0.0262. The first kappa shape index (κ1) is 8.97. The van der Waals surface area contributed by atoms with E-state index in [-0.39, 0.29) is 17.9 Å². The van der Waals surface area contributed by atoms with Gasteiger partial charge >= 0.3 is 0 Å². The lowest BCUT2D eigenvalue weighted by molar-refractivity contribution is -0.124. The van der Waals surface area contributed by atoms with Gasteiger partial charge < -0.3 is 10.1 Å².